The number of rotatable bonds is 4. The lowest BCUT2D eigenvalue weighted by atomic mass is 9.84. The third-order valence-electron chi connectivity index (χ3n) is 5.47. The monoisotopic (exact) mass is 315 g/mol. The molecule has 0 saturated carbocycles. The van der Waals surface area contributed by atoms with Crippen molar-refractivity contribution in [1.29, 1.82) is 0 Å². The molecule has 4 heteroatoms. The molecule has 2 aliphatic rings. The van der Waals surface area contributed by atoms with Crippen LogP contribution >= 0.6 is 0 Å². The van der Waals surface area contributed by atoms with Gasteiger partial charge in [-0.25, -0.2) is 0 Å². The van der Waals surface area contributed by atoms with E-state index < -0.39 is 0 Å². The van der Waals surface area contributed by atoms with Gasteiger partial charge in [0.2, 0.25) is 5.91 Å². The first-order valence-electron chi connectivity index (χ1n) is 8.90. The molecule has 4 nitrogen and oxygen atoms in total. The molecule has 126 valence electrons. The molecule has 2 aliphatic heterocycles. The van der Waals surface area contributed by atoms with Crippen LogP contribution in [0.5, 0.6) is 0 Å². The Labute approximate surface area is 139 Å². The fourth-order valence-corrected chi connectivity index (χ4v) is 4.19. The molecule has 0 aromatic heterocycles. The Kier molecular flexibility index (Phi) is 5.34. The lowest BCUT2D eigenvalue weighted by Crippen LogP contribution is -2.54. The zero-order valence-electron chi connectivity index (χ0n) is 14.4. The Morgan fingerprint density at radius 3 is 2.83 bits per heavy atom. The van der Waals surface area contributed by atoms with E-state index in [2.05, 4.69) is 41.2 Å². The van der Waals surface area contributed by atoms with E-state index in [1.807, 2.05) is 18.2 Å². The van der Waals surface area contributed by atoms with Gasteiger partial charge in [-0.2, -0.15) is 0 Å². The second-order valence-electron chi connectivity index (χ2n) is 7.17. The van der Waals surface area contributed by atoms with Gasteiger partial charge in [0.05, 0.1) is 12.6 Å². The van der Waals surface area contributed by atoms with Gasteiger partial charge >= 0.3 is 0 Å². The van der Waals surface area contributed by atoms with Gasteiger partial charge in [-0.15, -0.1) is 0 Å². The first-order valence-corrected chi connectivity index (χ1v) is 8.90. The summed E-state index contributed by atoms with van der Waals surface area (Å²) in [7, 11) is 2.25. The van der Waals surface area contributed by atoms with Crippen molar-refractivity contribution < 1.29 is 4.79 Å². The Bertz CT molecular complexity index is 519. The summed E-state index contributed by atoms with van der Waals surface area (Å²) in [6.45, 7) is 5.93. The van der Waals surface area contributed by atoms with Crippen LogP contribution < -0.4 is 5.32 Å². The van der Waals surface area contributed by atoms with Crippen molar-refractivity contribution in [1.82, 2.24) is 15.1 Å². The molecule has 3 rings (SSSR count). The molecule has 1 amide bonds. The highest BCUT2D eigenvalue weighted by molar-refractivity contribution is 5.78. The molecular weight excluding hydrogens is 286 g/mol. The molecule has 2 saturated heterocycles. The van der Waals surface area contributed by atoms with Gasteiger partial charge in [0.1, 0.15) is 0 Å². The summed E-state index contributed by atoms with van der Waals surface area (Å²) in [5, 5.41) is 3.13. The molecular formula is C19H29N3O. The van der Waals surface area contributed by atoms with Crippen LogP contribution in [0, 0.1) is 5.92 Å². The number of fused-ring (bicyclic) bond motifs is 1. The average Bonchev–Trinajstić information content (AvgIpc) is 2.55. The number of carbonyl (C=O) groups is 1. The second kappa shape index (κ2) is 7.45. The SMILES string of the molecule is C[C@H](NC(=O)CN1CC[C@H]2[C@@H](CCCN2C)C1)c1ccccc1. The Hall–Kier alpha value is -1.39. The molecule has 0 bridgehead atoms. The summed E-state index contributed by atoms with van der Waals surface area (Å²) in [6, 6.07) is 11.0. The molecule has 0 aliphatic carbocycles. The molecule has 1 aromatic carbocycles. The summed E-state index contributed by atoms with van der Waals surface area (Å²) in [5.74, 6) is 0.880. The molecule has 1 N–H and O–H groups in total. The molecule has 0 radical (unpaired) electrons. The van der Waals surface area contributed by atoms with Gasteiger partial charge in [-0.05, 0) is 51.3 Å². The normalized spacial score (nSPS) is 27.2. The van der Waals surface area contributed by atoms with E-state index in [9.17, 15) is 4.79 Å². The van der Waals surface area contributed by atoms with E-state index in [0.29, 0.717) is 6.54 Å². The minimum Gasteiger partial charge on any atom is -0.348 e. The lowest BCUT2D eigenvalue weighted by molar-refractivity contribution is -0.123. The van der Waals surface area contributed by atoms with Crippen LogP contribution in [-0.2, 0) is 4.79 Å². The number of likely N-dealkylation sites (tertiary alicyclic amines) is 2. The Morgan fingerprint density at radius 1 is 1.26 bits per heavy atom. The van der Waals surface area contributed by atoms with Gasteiger partial charge in [-0.1, -0.05) is 30.3 Å². The van der Waals surface area contributed by atoms with Crippen molar-refractivity contribution in [3.05, 3.63) is 35.9 Å². The highest BCUT2D eigenvalue weighted by Gasteiger charge is 2.34. The molecule has 23 heavy (non-hydrogen) atoms. The molecule has 3 atom stereocenters. The summed E-state index contributed by atoms with van der Waals surface area (Å²) < 4.78 is 0. The predicted molar refractivity (Wildman–Crippen MR) is 93.2 cm³/mol. The van der Waals surface area contributed by atoms with E-state index in [0.717, 1.165) is 30.6 Å². The number of nitrogens with zero attached hydrogens (tertiary/aromatic N) is 2. The van der Waals surface area contributed by atoms with Crippen LogP contribution in [-0.4, -0.2) is 55.0 Å². The number of carbonyl (C=O) groups excluding carboxylic acids is 1. The van der Waals surface area contributed by atoms with Crippen molar-refractivity contribution >= 4 is 5.91 Å². The largest absolute Gasteiger partial charge is 0.348 e. The fourth-order valence-electron chi connectivity index (χ4n) is 4.19. The van der Waals surface area contributed by atoms with E-state index in [1.165, 1.54) is 25.8 Å². The topological polar surface area (TPSA) is 35.6 Å². The number of benzene rings is 1. The van der Waals surface area contributed by atoms with Gasteiger partial charge in [0.25, 0.3) is 0 Å². The smallest absolute Gasteiger partial charge is 0.234 e. The van der Waals surface area contributed by atoms with Crippen molar-refractivity contribution in [2.75, 3.05) is 33.2 Å². The zero-order valence-corrected chi connectivity index (χ0v) is 14.4. The molecule has 0 unspecified atom stereocenters. The Morgan fingerprint density at radius 2 is 2.04 bits per heavy atom. The number of nitrogens with one attached hydrogen (secondary N) is 1. The van der Waals surface area contributed by atoms with Crippen LogP contribution in [0.2, 0.25) is 0 Å². The Balaban J connectivity index is 1.49. The number of hydrogen-bond donors (Lipinski definition) is 1. The first-order chi connectivity index (χ1) is 11.1. The minimum absolute atomic E-state index is 0.0713. The molecule has 1 aromatic rings. The molecule has 2 heterocycles. The molecule has 0 spiro atoms. The number of piperidine rings is 2. The second-order valence-corrected chi connectivity index (χ2v) is 7.17. The van der Waals surface area contributed by atoms with E-state index in [4.69, 9.17) is 0 Å². The maximum absolute atomic E-state index is 12.4. The van der Waals surface area contributed by atoms with Crippen molar-refractivity contribution in [3.8, 4) is 0 Å². The van der Waals surface area contributed by atoms with Crippen LogP contribution in [0.3, 0.4) is 0 Å². The zero-order chi connectivity index (χ0) is 16.2. The predicted octanol–water partition coefficient (Wildman–Crippen LogP) is 2.28. The lowest BCUT2D eigenvalue weighted by Gasteiger charge is -2.45. The summed E-state index contributed by atoms with van der Waals surface area (Å²) in [4.78, 5) is 17.2. The molecule has 2 fully saturated rings. The van der Waals surface area contributed by atoms with Gasteiger partial charge in [0, 0.05) is 19.1 Å². The van der Waals surface area contributed by atoms with Crippen LogP contribution in [0.25, 0.3) is 0 Å². The van der Waals surface area contributed by atoms with Crippen molar-refractivity contribution in [2.24, 2.45) is 5.92 Å². The average molecular weight is 315 g/mol. The standard InChI is InChI=1S/C19H29N3O/c1-15(16-7-4-3-5-8-16)20-19(23)14-22-12-10-18-17(13-22)9-6-11-21(18)2/h3-5,7-8,15,17-18H,6,9-14H2,1-2H3,(H,20,23)/t15-,17-,18-/m0/s1. The summed E-state index contributed by atoms with van der Waals surface area (Å²) in [5.41, 5.74) is 1.16. The van der Waals surface area contributed by atoms with Gasteiger partial charge in [0.15, 0.2) is 0 Å². The quantitative estimate of drug-likeness (QED) is 0.926. The van der Waals surface area contributed by atoms with Gasteiger partial charge < -0.3 is 10.2 Å². The van der Waals surface area contributed by atoms with Crippen LogP contribution in [0.1, 0.15) is 37.8 Å². The third-order valence-corrected chi connectivity index (χ3v) is 5.47. The summed E-state index contributed by atoms with van der Waals surface area (Å²) in [6.07, 6.45) is 3.80. The highest BCUT2D eigenvalue weighted by Crippen LogP contribution is 2.29. The van der Waals surface area contributed by atoms with Gasteiger partial charge in [-0.3, -0.25) is 9.69 Å². The van der Waals surface area contributed by atoms with Crippen LogP contribution in [0.15, 0.2) is 30.3 Å². The minimum atomic E-state index is 0.0713. The summed E-state index contributed by atoms with van der Waals surface area (Å²) >= 11 is 0. The van der Waals surface area contributed by atoms with E-state index in [-0.39, 0.29) is 11.9 Å². The van der Waals surface area contributed by atoms with Crippen molar-refractivity contribution in [3.63, 3.8) is 0 Å². The van der Waals surface area contributed by atoms with E-state index >= 15 is 0 Å². The fraction of sp³-hybridized carbons (Fsp3) is 0.632. The number of amides is 1. The van der Waals surface area contributed by atoms with Crippen molar-refractivity contribution in [2.45, 2.75) is 38.3 Å². The first kappa shape index (κ1) is 16.5. The third kappa shape index (κ3) is 4.12. The van der Waals surface area contributed by atoms with E-state index in [1.54, 1.807) is 0 Å². The van der Waals surface area contributed by atoms with Crippen LogP contribution in [0.4, 0.5) is 0 Å². The maximum atomic E-state index is 12.4. The number of hydrogen-bond acceptors (Lipinski definition) is 3. The maximum Gasteiger partial charge on any atom is 0.234 e. The highest BCUT2D eigenvalue weighted by atomic mass is 16.2.